The number of hydrogen-bond donors (Lipinski definition) is 1. The number of anilines is 1. The van der Waals surface area contributed by atoms with Gasteiger partial charge in [-0.3, -0.25) is 0 Å². The Labute approximate surface area is 104 Å². The van der Waals surface area contributed by atoms with E-state index < -0.39 is 0 Å². The number of hydrogen-bond acceptors (Lipinski definition) is 2. The molecule has 2 nitrogen and oxygen atoms in total. The van der Waals surface area contributed by atoms with E-state index in [9.17, 15) is 5.11 Å². The van der Waals surface area contributed by atoms with Crippen LogP contribution in [0.4, 0.5) is 5.69 Å². The molecule has 1 saturated heterocycles. The molecular formula is C15H23NO. The number of rotatable bonds is 3. The first kappa shape index (κ1) is 12.4. The molecule has 0 spiro atoms. The summed E-state index contributed by atoms with van der Waals surface area (Å²) in [7, 11) is 0. The van der Waals surface area contributed by atoms with Gasteiger partial charge in [0.05, 0.1) is 6.10 Å². The predicted octanol–water partition coefficient (Wildman–Crippen LogP) is 3.16. The molecule has 1 N–H and O–H groups in total. The van der Waals surface area contributed by atoms with E-state index in [1.54, 1.807) is 0 Å². The van der Waals surface area contributed by atoms with Gasteiger partial charge in [-0.2, -0.15) is 0 Å². The molecule has 1 aliphatic heterocycles. The molecule has 94 valence electrons. The fourth-order valence-corrected chi connectivity index (χ4v) is 2.37. The number of aliphatic hydroxyl groups is 1. The minimum Gasteiger partial charge on any atom is -0.393 e. The highest BCUT2D eigenvalue weighted by atomic mass is 16.3. The van der Waals surface area contributed by atoms with Crippen LogP contribution in [0.5, 0.6) is 0 Å². The lowest BCUT2D eigenvalue weighted by Gasteiger charge is -2.31. The highest BCUT2D eigenvalue weighted by Crippen LogP contribution is 2.24. The Morgan fingerprint density at radius 3 is 2.35 bits per heavy atom. The summed E-state index contributed by atoms with van der Waals surface area (Å²) in [6.07, 6.45) is 2.89. The van der Waals surface area contributed by atoms with Crippen molar-refractivity contribution in [1.29, 1.82) is 0 Å². The van der Waals surface area contributed by atoms with Gasteiger partial charge < -0.3 is 10.0 Å². The lowest BCUT2D eigenvalue weighted by Crippen LogP contribution is -2.35. The molecule has 2 heteroatoms. The minimum absolute atomic E-state index is 0.0920. The van der Waals surface area contributed by atoms with Gasteiger partial charge in [-0.1, -0.05) is 26.0 Å². The van der Waals surface area contributed by atoms with Gasteiger partial charge in [-0.05, 0) is 42.9 Å². The second-order valence-corrected chi connectivity index (χ2v) is 5.12. The van der Waals surface area contributed by atoms with E-state index in [0.29, 0.717) is 5.92 Å². The Kier molecular flexibility index (Phi) is 4.06. The van der Waals surface area contributed by atoms with E-state index in [-0.39, 0.29) is 6.10 Å². The average molecular weight is 233 g/mol. The molecule has 1 heterocycles. The van der Waals surface area contributed by atoms with E-state index >= 15 is 0 Å². The standard InChI is InChI=1S/C15H23NO/c1-3-12(2)13-4-6-14(7-5-13)16-10-8-15(17)9-11-16/h4-7,12,15,17H,3,8-11H2,1-2H3. The Balaban J connectivity index is 2.02. The highest BCUT2D eigenvalue weighted by Gasteiger charge is 2.17. The molecule has 1 aliphatic rings. The zero-order valence-electron chi connectivity index (χ0n) is 10.9. The maximum Gasteiger partial charge on any atom is 0.0574 e. The van der Waals surface area contributed by atoms with Gasteiger partial charge in [0.15, 0.2) is 0 Å². The molecule has 1 atom stereocenters. The van der Waals surface area contributed by atoms with E-state index in [1.807, 2.05) is 0 Å². The van der Waals surface area contributed by atoms with Crippen molar-refractivity contribution < 1.29 is 5.11 Å². The molecule has 1 aromatic carbocycles. The molecule has 1 unspecified atom stereocenters. The minimum atomic E-state index is -0.0920. The molecule has 0 bridgehead atoms. The summed E-state index contributed by atoms with van der Waals surface area (Å²) >= 11 is 0. The topological polar surface area (TPSA) is 23.5 Å². The normalized spacial score (nSPS) is 19.4. The first-order chi connectivity index (χ1) is 8.20. The summed E-state index contributed by atoms with van der Waals surface area (Å²) in [6.45, 7) is 6.45. The first-order valence-corrected chi connectivity index (χ1v) is 6.73. The summed E-state index contributed by atoms with van der Waals surface area (Å²) in [4.78, 5) is 2.37. The summed E-state index contributed by atoms with van der Waals surface area (Å²) < 4.78 is 0. The van der Waals surface area contributed by atoms with Crippen LogP contribution in [0, 0.1) is 0 Å². The molecule has 2 rings (SSSR count). The Bertz CT molecular complexity index is 338. The molecule has 17 heavy (non-hydrogen) atoms. The van der Waals surface area contributed by atoms with Crippen LogP contribution in [0.25, 0.3) is 0 Å². The SMILES string of the molecule is CCC(C)c1ccc(N2CCC(O)CC2)cc1. The second-order valence-electron chi connectivity index (χ2n) is 5.12. The van der Waals surface area contributed by atoms with Crippen LogP contribution in [0.3, 0.4) is 0 Å². The lowest BCUT2D eigenvalue weighted by molar-refractivity contribution is 0.145. The van der Waals surface area contributed by atoms with Crippen molar-refractivity contribution in [2.75, 3.05) is 18.0 Å². The van der Waals surface area contributed by atoms with E-state index in [0.717, 1.165) is 25.9 Å². The van der Waals surface area contributed by atoms with Gasteiger partial charge in [0, 0.05) is 18.8 Å². The zero-order chi connectivity index (χ0) is 12.3. The number of piperidine rings is 1. The molecule has 1 fully saturated rings. The van der Waals surface area contributed by atoms with Crippen LogP contribution in [-0.4, -0.2) is 24.3 Å². The molecule has 0 radical (unpaired) electrons. The Morgan fingerprint density at radius 2 is 1.82 bits per heavy atom. The van der Waals surface area contributed by atoms with Gasteiger partial charge >= 0.3 is 0 Å². The van der Waals surface area contributed by atoms with Gasteiger partial charge in [-0.15, -0.1) is 0 Å². The maximum atomic E-state index is 9.50. The van der Waals surface area contributed by atoms with Crippen LogP contribution < -0.4 is 4.90 Å². The maximum absolute atomic E-state index is 9.50. The predicted molar refractivity (Wildman–Crippen MR) is 72.6 cm³/mol. The van der Waals surface area contributed by atoms with Crippen LogP contribution in [0.15, 0.2) is 24.3 Å². The monoisotopic (exact) mass is 233 g/mol. The van der Waals surface area contributed by atoms with Crippen molar-refractivity contribution in [3.8, 4) is 0 Å². The van der Waals surface area contributed by atoms with Crippen LogP contribution in [0.2, 0.25) is 0 Å². The summed E-state index contributed by atoms with van der Waals surface area (Å²) in [5.74, 6) is 0.646. The first-order valence-electron chi connectivity index (χ1n) is 6.73. The van der Waals surface area contributed by atoms with Gasteiger partial charge in [0.1, 0.15) is 0 Å². The zero-order valence-corrected chi connectivity index (χ0v) is 10.9. The quantitative estimate of drug-likeness (QED) is 0.867. The van der Waals surface area contributed by atoms with Crippen molar-refractivity contribution in [3.05, 3.63) is 29.8 Å². The third-order valence-electron chi connectivity index (χ3n) is 3.90. The summed E-state index contributed by atoms with van der Waals surface area (Å²) in [5.41, 5.74) is 2.72. The highest BCUT2D eigenvalue weighted by molar-refractivity contribution is 5.48. The van der Waals surface area contributed by atoms with E-state index in [4.69, 9.17) is 0 Å². The summed E-state index contributed by atoms with van der Waals surface area (Å²) in [5, 5.41) is 9.50. The Morgan fingerprint density at radius 1 is 1.24 bits per heavy atom. The van der Waals surface area contributed by atoms with E-state index in [1.165, 1.54) is 17.7 Å². The number of aliphatic hydroxyl groups excluding tert-OH is 1. The van der Waals surface area contributed by atoms with E-state index in [2.05, 4.69) is 43.0 Å². The van der Waals surface area contributed by atoms with Crippen LogP contribution >= 0.6 is 0 Å². The smallest absolute Gasteiger partial charge is 0.0574 e. The number of nitrogens with zero attached hydrogens (tertiary/aromatic N) is 1. The fraction of sp³-hybridized carbons (Fsp3) is 0.600. The van der Waals surface area contributed by atoms with Crippen molar-refractivity contribution >= 4 is 5.69 Å². The molecule has 1 aromatic rings. The third-order valence-corrected chi connectivity index (χ3v) is 3.90. The molecule has 0 amide bonds. The summed E-state index contributed by atoms with van der Waals surface area (Å²) in [6, 6.07) is 8.93. The Hall–Kier alpha value is -1.02. The van der Waals surface area contributed by atoms with Gasteiger partial charge in [0.2, 0.25) is 0 Å². The molecule has 0 saturated carbocycles. The van der Waals surface area contributed by atoms with Crippen LogP contribution in [0.1, 0.15) is 44.6 Å². The van der Waals surface area contributed by atoms with Crippen molar-refractivity contribution in [3.63, 3.8) is 0 Å². The largest absolute Gasteiger partial charge is 0.393 e. The van der Waals surface area contributed by atoms with Crippen molar-refractivity contribution in [2.24, 2.45) is 0 Å². The van der Waals surface area contributed by atoms with Gasteiger partial charge in [-0.25, -0.2) is 0 Å². The molecular weight excluding hydrogens is 210 g/mol. The van der Waals surface area contributed by atoms with Crippen molar-refractivity contribution in [2.45, 2.75) is 45.1 Å². The molecule has 0 aromatic heterocycles. The van der Waals surface area contributed by atoms with Crippen molar-refractivity contribution in [1.82, 2.24) is 0 Å². The number of benzene rings is 1. The fourth-order valence-electron chi connectivity index (χ4n) is 2.37. The lowest BCUT2D eigenvalue weighted by atomic mass is 9.98. The van der Waals surface area contributed by atoms with Crippen LogP contribution in [-0.2, 0) is 0 Å². The third kappa shape index (κ3) is 3.01. The average Bonchev–Trinajstić information content (AvgIpc) is 2.39. The second kappa shape index (κ2) is 5.54. The van der Waals surface area contributed by atoms with Gasteiger partial charge in [0.25, 0.3) is 0 Å². The molecule has 0 aliphatic carbocycles.